The predicted octanol–water partition coefficient (Wildman–Crippen LogP) is 2.28. The van der Waals surface area contributed by atoms with Crippen LogP contribution >= 0.6 is 15.9 Å². The number of benzene rings is 1. The van der Waals surface area contributed by atoms with Gasteiger partial charge in [0.1, 0.15) is 5.75 Å². The quantitative estimate of drug-likeness (QED) is 0.863. The minimum absolute atomic E-state index is 0.0380. The lowest BCUT2D eigenvalue weighted by Gasteiger charge is -2.15. The summed E-state index contributed by atoms with van der Waals surface area (Å²) < 4.78 is 6.26. The van der Waals surface area contributed by atoms with Crippen LogP contribution in [0.15, 0.2) is 22.7 Å². The van der Waals surface area contributed by atoms with E-state index in [-0.39, 0.29) is 11.8 Å². The number of rotatable bonds is 5. The average molecular weight is 342 g/mol. The molecule has 2 N–H and O–H groups in total. The third kappa shape index (κ3) is 3.52. The standard InChI is InChI=1S/C15H20BrNO3/c1-20-14-10(4-2-6-12(14)16)8-9-17-15(19)11-5-3-7-13(11)18/h2,4,6,11,13,18H,3,5,7-9H2,1H3,(H,17,19). The van der Waals surface area contributed by atoms with E-state index < -0.39 is 6.10 Å². The van der Waals surface area contributed by atoms with Crippen molar-refractivity contribution in [2.75, 3.05) is 13.7 Å². The summed E-state index contributed by atoms with van der Waals surface area (Å²) in [5, 5.41) is 12.6. The van der Waals surface area contributed by atoms with Gasteiger partial charge in [-0.15, -0.1) is 0 Å². The first-order chi connectivity index (χ1) is 9.63. The molecule has 1 aliphatic rings. The monoisotopic (exact) mass is 341 g/mol. The van der Waals surface area contributed by atoms with Crippen LogP contribution in [0.5, 0.6) is 5.75 Å². The van der Waals surface area contributed by atoms with Crippen LogP contribution in [0, 0.1) is 5.92 Å². The highest BCUT2D eigenvalue weighted by Crippen LogP contribution is 2.29. The molecule has 0 heterocycles. The smallest absolute Gasteiger partial charge is 0.225 e. The highest BCUT2D eigenvalue weighted by Gasteiger charge is 2.31. The Hall–Kier alpha value is -1.07. The first-order valence-electron chi connectivity index (χ1n) is 6.90. The maximum absolute atomic E-state index is 12.0. The Morgan fingerprint density at radius 2 is 2.30 bits per heavy atom. The Balaban J connectivity index is 1.87. The molecule has 5 heteroatoms. The second-order valence-electron chi connectivity index (χ2n) is 5.08. The largest absolute Gasteiger partial charge is 0.495 e. The van der Waals surface area contributed by atoms with Gasteiger partial charge in [0, 0.05) is 6.54 Å². The highest BCUT2D eigenvalue weighted by atomic mass is 79.9. The summed E-state index contributed by atoms with van der Waals surface area (Å²) in [6.07, 6.45) is 2.68. The zero-order chi connectivity index (χ0) is 14.5. The van der Waals surface area contributed by atoms with E-state index in [0.29, 0.717) is 13.0 Å². The second-order valence-corrected chi connectivity index (χ2v) is 5.93. The van der Waals surface area contributed by atoms with Crippen LogP contribution in [0.25, 0.3) is 0 Å². The molecule has 0 saturated heterocycles. The third-order valence-corrected chi connectivity index (χ3v) is 4.39. The zero-order valence-electron chi connectivity index (χ0n) is 11.6. The van der Waals surface area contributed by atoms with E-state index >= 15 is 0 Å². The van der Waals surface area contributed by atoms with Gasteiger partial charge >= 0.3 is 0 Å². The highest BCUT2D eigenvalue weighted by molar-refractivity contribution is 9.10. The number of hydrogen-bond donors (Lipinski definition) is 2. The molecule has 0 aliphatic heterocycles. The Morgan fingerprint density at radius 3 is 2.95 bits per heavy atom. The van der Waals surface area contributed by atoms with Crippen molar-refractivity contribution in [2.45, 2.75) is 31.8 Å². The van der Waals surface area contributed by atoms with Crippen molar-refractivity contribution in [2.24, 2.45) is 5.92 Å². The number of halogens is 1. The Kier molecular flexibility index (Phi) is 5.43. The molecule has 1 fully saturated rings. The number of amides is 1. The molecule has 2 unspecified atom stereocenters. The summed E-state index contributed by atoms with van der Waals surface area (Å²) >= 11 is 3.44. The number of ether oxygens (including phenoxy) is 1. The predicted molar refractivity (Wildman–Crippen MR) is 80.8 cm³/mol. The van der Waals surface area contributed by atoms with Crippen molar-refractivity contribution in [3.63, 3.8) is 0 Å². The molecule has 110 valence electrons. The topological polar surface area (TPSA) is 58.6 Å². The Morgan fingerprint density at radius 1 is 1.50 bits per heavy atom. The Bertz CT molecular complexity index is 478. The summed E-state index contributed by atoms with van der Waals surface area (Å²) in [4.78, 5) is 12.0. The van der Waals surface area contributed by atoms with Crippen molar-refractivity contribution in [3.8, 4) is 5.75 Å². The number of hydrogen-bond acceptors (Lipinski definition) is 3. The molecule has 2 atom stereocenters. The molecule has 1 aromatic rings. The van der Waals surface area contributed by atoms with E-state index in [1.54, 1.807) is 7.11 Å². The van der Waals surface area contributed by atoms with Crippen LogP contribution in [-0.4, -0.2) is 30.8 Å². The van der Waals surface area contributed by atoms with Gasteiger partial charge in [0.05, 0.1) is 23.6 Å². The minimum atomic E-state index is -0.476. The normalized spacial score (nSPS) is 21.8. The number of methoxy groups -OCH3 is 1. The molecule has 0 aromatic heterocycles. The second kappa shape index (κ2) is 7.09. The van der Waals surface area contributed by atoms with E-state index in [0.717, 1.165) is 35.0 Å². The van der Waals surface area contributed by atoms with E-state index in [2.05, 4.69) is 21.2 Å². The number of aliphatic hydroxyl groups excluding tert-OH is 1. The third-order valence-electron chi connectivity index (χ3n) is 3.76. The summed E-state index contributed by atoms with van der Waals surface area (Å²) in [6.45, 7) is 0.550. The van der Waals surface area contributed by atoms with Crippen LogP contribution in [-0.2, 0) is 11.2 Å². The molecule has 1 amide bonds. The fraction of sp³-hybridized carbons (Fsp3) is 0.533. The van der Waals surface area contributed by atoms with Gasteiger partial charge in [-0.2, -0.15) is 0 Å². The molecule has 20 heavy (non-hydrogen) atoms. The van der Waals surface area contributed by atoms with Gasteiger partial charge in [0.2, 0.25) is 5.91 Å². The lowest BCUT2D eigenvalue weighted by atomic mass is 10.1. The number of carbonyl (C=O) groups is 1. The molecule has 0 spiro atoms. The Labute approximate surface area is 127 Å². The number of nitrogens with one attached hydrogen (secondary N) is 1. The summed E-state index contributed by atoms with van der Waals surface area (Å²) in [5.74, 6) is 0.533. The maximum atomic E-state index is 12.0. The lowest BCUT2D eigenvalue weighted by Crippen LogP contribution is -2.35. The molecule has 1 aliphatic carbocycles. The first-order valence-corrected chi connectivity index (χ1v) is 7.70. The number of carbonyl (C=O) groups excluding carboxylic acids is 1. The number of para-hydroxylation sites is 1. The molecule has 0 radical (unpaired) electrons. The fourth-order valence-corrected chi connectivity index (χ4v) is 3.25. The van der Waals surface area contributed by atoms with Crippen molar-refractivity contribution < 1.29 is 14.6 Å². The van der Waals surface area contributed by atoms with E-state index in [1.807, 2.05) is 18.2 Å². The van der Waals surface area contributed by atoms with Crippen molar-refractivity contribution in [3.05, 3.63) is 28.2 Å². The molecular formula is C15H20BrNO3. The van der Waals surface area contributed by atoms with Gasteiger partial charge in [0.15, 0.2) is 0 Å². The van der Waals surface area contributed by atoms with E-state index in [4.69, 9.17) is 4.74 Å². The first kappa shape index (κ1) is 15.3. The van der Waals surface area contributed by atoms with Crippen molar-refractivity contribution in [1.82, 2.24) is 5.32 Å². The lowest BCUT2D eigenvalue weighted by molar-refractivity contribution is -0.127. The molecule has 4 nitrogen and oxygen atoms in total. The summed E-state index contributed by atoms with van der Waals surface area (Å²) in [6, 6.07) is 5.86. The van der Waals surface area contributed by atoms with Crippen LogP contribution < -0.4 is 10.1 Å². The van der Waals surface area contributed by atoms with Gasteiger partial charge in [-0.1, -0.05) is 12.1 Å². The van der Waals surface area contributed by atoms with Gasteiger partial charge in [0.25, 0.3) is 0 Å². The van der Waals surface area contributed by atoms with Crippen LogP contribution in [0.2, 0.25) is 0 Å². The van der Waals surface area contributed by atoms with Crippen molar-refractivity contribution >= 4 is 21.8 Å². The van der Waals surface area contributed by atoms with Crippen LogP contribution in [0.4, 0.5) is 0 Å². The van der Waals surface area contributed by atoms with Gasteiger partial charge in [-0.3, -0.25) is 4.79 Å². The van der Waals surface area contributed by atoms with Crippen LogP contribution in [0.3, 0.4) is 0 Å². The van der Waals surface area contributed by atoms with E-state index in [1.165, 1.54) is 0 Å². The van der Waals surface area contributed by atoms with Gasteiger partial charge in [-0.25, -0.2) is 0 Å². The molecule has 1 aromatic carbocycles. The van der Waals surface area contributed by atoms with E-state index in [9.17, 15) is 9.90 Å². The molecular weight excluding hydrogens is 322 g/mol. The number of aliphatic hydroxyl groups is 1. The fourth-order valence-electron chi connectivity index (χ4n) is 2.68. The average Bonchev–Trinajstić information content (AvgIpc) is 2.85. The van der Waals surface area contributed by atoms with Gasteiger partial charge in [-0.05, 0) is 53.2 Å². The maximum Gasteiger partial charge on any atom is 0.225 e. The zero-order valence-corrected chi connectivity index (χ0v) is 13.1. The molecule has 2 rings (SSSR count). The summed E-state index contributed by atoms with van der Waals surface area (Å²) in [7, 11) is 1.64. The minimum Gasteiger partial charge on any atom is -0.495 e. The molecule has 0 bridgehead atoms. The van der Waals surface area contributed by atoms with Crippen molar-refractivity contribution in [1.29, 1.82) is 0 Å². The van der Waals surface area contributed by atoms with Crippen LogP contribution in [0.1, 0.15) is 24.8 Å². The SMILES string of the molecule is COc1c(Br)cccc1CCNC(=O)C1CCCC1O. The summed E-state index contributed by atoms with van der Waals surface area (Å²) in [5.41, 5.74) is 1.05. The van der Waals surface area contributed by atoms with Gasteiger partial charge < -0.3 is 15.2 Å². The molecule has 1 saturated carbocycles.